The SMILES string of the molecule is CC(C)(C)c1nn(C(C)(C)C)cc1CN. The van der Waals surface area contributed by atoms with Gasteiger partial charge in [-0.05, 0) is 20.8 Å². The molecule has 0 fully saturated rings. The first-order valence-electron chi connectivity index (χ1n) is 5.46. The molecule has 0 spiro atoms. The molecule has 86 valence electrons. The van der Waals surface area contributed by atoms with E-state index in [0.29, 0.717) is 6.54 Å². The van der Waals surface area contributed by atoms with Crippen LogP contribution in [0.4, 0.5) is 0 Å². The fourth-order valence-corrected chi connectivity index (χ4v) is 1.53. The normalized spacial score (nSPS) is 13.3. The first-order valence-corrected chi connectivity index (χ1v) is 5.46. The van der Waals surface area contributed by atoms with Gasteiger partial charge in [0.05, 0.1) is 11.2 Å². The van der Waals surface area contributed by atoms with Crippen molar-refractivity contribution in [3.05, 3.63) is 17.5 Å². The van der Waals surface area contributed by atoms with Crippen LogP contribution in [0.1, 0.15) is 52.8 Å². The number of rotatable bonds is 1. The third-order valence-corrected chi connectivity index (χ3v) is 2.41. The second kappa shape index (κ2) is 3.63. The van der Waals surface area contributed by atoms with Crippen LogP contribution in [-0.4, -0.2) is 9.78 Å². The summed E-state index contributed by atoms with van der Waals surface area (Å²) < 4.78 is 2.01. The highest BCUT2D eigenvalue weighted by Gasteiger charge is 2.24. The van der Waals surface area contributed by atoms with Crippen LogP contribution >= 0.6 is 0 Å². The number of hydrogen-bond acceptors (Lipinski definition) is 2. The monoisotopic (exact) mass is 209 g/mol. The van der Waals surface area contributed by atoms with E-state index in [4.69, 9.17) is 5.73 Å². The summed E-state index contributed by atoms with van der Waals surface area (Å²) in [5, 5.41) is 4.66. The van der Waals surface area contributed by atoms with Gasteiger partial charge in [-0.25, -0.2) is 0 Å². The van der Waals surface area contributed by atoms with Crippen molar-refractivity contribution in [1.82, 2.24) is 9.78 Å². The molecule has 0 aromatic carbocycles. The molecule has 0 bridgehead atoms. The highest BCUT2D eigenvalue weighted by atomic mass is 15.3. The van der Waals surface area contributed by atoms with E-state index in [0.717, 1.165) is 11.3 Å². The van der Waals surface area contributed by atoms with E-state index >= 15 is 0 Å². The van der Waals surface area contributed by atoms with Gasteiger partial charge in [-0.3, -0.25) is 4.68 Å². The molecule has 0 radical (unpaired) electrons. The summed E-state index contributed by atoms with van der Waals surface area (Å²) in [6.45, 7) is 13.5. The molecule has 1 rings (SSSR count). The zero-order chi connectivity index (χ0) is 11.9. The Labute approximate surface area is 92.7 Å². The quantitative estimate of drug-likeness (QED) is 0.772. The molecule has 0 atom stereocenters. The number of aromatic nitrogens is 2. The zero-order valence-electron chi connectivity index (χ0n) is 10.8. The van der Waals surface area contributed by atoms with Crippen LogP contribution in [0.25, 0.3) is 0 Å². The molecule has 3 heteroatoms. The van der Waals surface area contributed by atoms with Gasteiger partial charge in [-0.15, -0.1) is 0 Å². The molecule has 0 aliphatic rings. The zero-order valence-corrected chi connectivity index (χ0v) is 10.8. The highest BCUT2D eigenvalue weighted by molar-refractivity contribution is 5.24. The van der Waals surface area contributed by atoms with E-state index in [1.807, 2.05) is 4.68 Å². The first kappa shape index (κ1) is 12.2. The van der Waals surface area contributed by atoms with Crippen molar-refractivity contribution in [3.8, 4) is 0 Å². The van der Waals surface area contributed by atoms with E-state index in [2.05, 4.69) is 52.8 Å². The number of hydrogen-bond donors (Lipinski definition) is 1. The molecule has 3 nitrogen and oxygen atoms in total. The Balaban J connectivity index is 3.24. The standard InChI is InChI=1S/C12H23N3/c1-11(2,3)10-9(7-13)8-15(14-10)12(4,5)6/h8H,7,13H2,1-6H3. The van der Waals surface area contributed by atoms with Crippen molar-refractivity contribution < 1.29 is 0 Å². The predicted molar refractivity (Wildman–Crippen MR) is 63.8 cm³/mol. The minimum absolute atomic E-state index is 0.0212. The van der Waals surface area contributed by atoms with Crippen molar-refractivity contribution in [2.24, 2.45) is 5.73 Å². The van der Waals surface area contributed by atoms with Crippen LogP contribution in [0.15, 0.2) is 6.20 Å². The Morgan fingerprint density at radius 3 is 2.00 bits per heavy atom. The van der Waals surface area contributed by atoms with E-state index in [-0.39, 0.29) is 11.0 Å². The Morgan fingerprint density at radius 1 is 1.20 bits per heavy atom. The van der Waals surface area contributed by atoms with Gasteiger partial charge in [0, 0.05) is 23.7 Å². The third kappa shape index (κ3) is 2.59. The summed E-state index contributed by atoms with van der Waals surface area (Å²) in [7, 11) is 0. The van der Waals surface area contributed by atoms with E-state index < -0.39 is 0 Å². The molecule has 1 aromatic rings. The van der Waals surface area contributed by atoms with Gasteiger partial charge in [0.15, 0.2) is 0 Å². The van der Waals surface area contributed by atoms with Crippen molar-refractivity contribution in [2.45, 2.75) is 59.0 Å². The highest BCUT2D eigenvalue weighted by Crippen LogP contribution is 2.26. The summed E-state index contributed by atoms with van der Waals surface area (Å²) in [4.78, 5) is 0. The smallest absolute Gasteiger partial charge is 0.0723 e. The maximum atomic E-state index is 5.75. The molecular weight excluding hydrogens is 186 g/mol. The first-order chi connectivity index (χ1) is 6.66. The Kier molecular flexibility index (Phi) is 2.97. The van der Waals surface area contributed by atoms with Gasteiger partial charge in [-0.1, -0.05) is 20.8 Å². The lowest BCUT2D eigenvalue weighted by Crippen LogP contribution is -2.23. The van der Waals surface area contributed by atoms with E-state index in [1.165, 1.54) is 0 Å². The van der Waals surface area contributed by atoms with Gasteiger partial charge in [0.1, 0.15) is 0 Å². The Bertz CT molecular complexity index is 337. The van der Waals surface area contributed by atoms with Crippen molar-refractivity contribution in [2.75, 3.05) is 0 Å². The lowest BCUT2D eigenvalue weighted by Gasteiger charge is -2.20. The van der Waals surface area contributed by atoms with E-state index in [9.17, 15) is 0 Å². The molecule has 0 saturated carbocycles. The predicted octanol–water partition coefficient (Wildman–Crippen LogP) is 2.39. The largest absolute Gasteiger partial charge is 0.326 e. The lowest BCUT2D eigenvalue weighted by atomic mass is 9.90. The van der Waals surface area contributed by atoms with Crippen LogP contribution < -0.4 is 5.73 Å². The number of nitrogens with zero attached hydrogens (tertiary/aromatic N) is 2. The topological polar surface area (TPSA) is 43.8 Å². The summed E-state index contributed by atoms with van der Waals surface area (Å²) in [6, 6.07) is 0. The summed E-state index contributed by atoms with van der Waals surface area (Å²) >= 11 is 0. The van der Waals surface area contributed by atoms with Gasteiger partial charge in [0.2, 0.25) is 0 Å². The van der Waals surface area contributed by atoms with Gasteiger partial charge < -0.3 is 5.73 Å². The molecule has 1 heterocycles. The van der Waals surface area contributed by atoms with Gasteiger partial charge in [0.25, 0.3) is 0 Å². The average Bonchev–Trinajstić information content (AvgIpc) is 2.44. The second-order valence-electron chi connectivity index (χ2n) is 6.07. The second-order valence-corrected chi connectivity index (χ2v) is 6.07. The van der Waals surface area contributed by atoms with Crippen molar-refractivity contribution in [1.29, 1.82) is 0 Å². The van der Waals surface area contributed by atoms with Gasteiger partial charge >= 0.3 is 0 Å². The summed E-state index contributed by atoms with van der Waals surface area (Å²) in [5.41, 5.74) is 8.09. The van der Waals surface area contributed by atoms with Crippen LogP contribution in [0.2, 0.25) is 0 Å². The van der Waals surface area contributed by atoms with Crippen molar-refractivity contribution in [3.63, 3.8) is 0 Å². The molecule has 0 saturated heterocycles. The minimum atomic E-state index is 0.0212. The molecule has 1 aromatic heterocycles. The van der Waals surface area contributed by atoms with Crippen LogP contribution in [-0.2, 0) is 17.5 Å². The van der Waals surface area contributed by atoms with Crippen LogP contribution in [0.3, 0.4) is 0 Å². The third-order valence-electron chi connectivity index (χ3n) is 2.41. The van der Waals surface area contributed by atoms with Crippen molar-refractivity contribution >= 4 is 0 Å². The molecule has 0 aliphatic heterocycles. The molecule has 0 aliphatic carbocycles. The summed E-state index contributed by atoms with van der Waals surface area (Å²) in [5.74, 6) is 0. The lowest BCUT2D eigenvalue weighted by molar-refractivity contribution is 0.348. The minimum Gasteiger partial charge on any atom is -0.326 e. The molecule has 15 heavy (non-hydrogen) atoms. The molecule has 0 unspecified atom stereocenters. The Morgan fingerprint density at radius 2 is 1.73 bits per heavy atom. The fourth-order valence-electron chi connectivity index (χ4n) is 1.53. The van der Waals surface area contributed by atoms with Crippen LogP contribution in [0.5, 0.6) is 0 Å². The van der Waals surface area contributed by atoms with E-state index in [1.54, 1.807) is 0 Å². The molecular formula is C12H23N3. The maximum Gasteiger partial charge on any atom is 0.0723 e. The Hall–Kier alpha value is -0.830. The number of nitrogens with two attached hydrogens (primary N) is 1. The van der Waals surface area contributed by atoms with Gasteiger partial charge in [-0.2, -0.15) is 5.10 Å². The average molecular weight is 209 g/mol. The fraction of sp³-hybridized carbons (Fsp3) is 0.750. The van der Waals surface area contributed by atoms with Crippen LogP contribution in [0, 0.1) is 0 Å². The summed E-state index contributed by atoms with van der Waals surface area (Å²) in [6.07, 6.45) is 2.07. The molecule has 2 N–H and O–H groups in total. The molecule has 0 amide bonds. The maximum absolute atomic E-state index is 5.75.